The van der Waals surface area contributed by atoms with Crippen LogP contribution in [0.4, 0.5) is 11.4 Å². The minimum Gasteiger partial charge on any atom is -0.399 e. The van der Waals surface area contributed by atoms with Crippen LogP contribution in [0.2, 0.25) is 0 Å². The van der Waals surface area contributed by atoms with E-state index in [0.717, 1.165) is 11.3 Å². The molecule has 19 heavy (non-hydrogen) atoms. The third-order valence-electron chi connectivity index (χ3n) is 3.04. The number of amides is 1. The standard InChI is InChI=1S/C16H18N2O/c1-3-18(15-6-4-5-14(17)11-15)16(19)13-9-7-12(2)8-10-13/h4-11H,3,17H2,1-2H3. The smallest absolute Gasteiger partial charge is 0.258 e. The molecule has 0 aromatic heterocycles. The van der Waals surface area contributed by atoms with E-state index in [4.69, 9.17) is 5.73 Å². The number of carbonyl (C=O) groups excluding carboxylic acids is 1. The molecule has 0 bridgehead atoms. The minimum atomic E-state index is -0.00639. The Morgan fingerprint density at radius 1 is 1.16 bits per heavy atom. The lowest BCUT2D eigenvalue weighted by Crippen LogP contribution is -2.30. The van der Waals surface area contributed by atoms with Gasteiger partial charge in [-0.05, 0) is 44.2 Å². The Bertz CT molecular complexity index is 576. The first-order valence-electron chi connectivity index (χ1n) is 6.36. The number of rotatable bonds is 3. The average Bonchev–Trinajstić information content (AvgIpc) is 2.40. The van der Waals surface area contributed by atoms with E-state index < -0.39 is 0 Å². The Morgan fingerprint density at radius 3 is 2.42 bits per heavy atom. The first-order chi connectivity index (χ1) is 9.11. The van der Waals surface area contributed by atoms with Crippen LogP contribution < -0.4 is 10.6 Å². The Labute approximate surface area is 113 Å². The van der Waals surface area contributed by atoms with Gasteiger partial charge in [0, 0.05) is 23.5 Å². The van der Waals surface area contributed by atoms with Gasteiger partial charge in [0.25, 0.3) is 5.91 Å². The summed E-state index contributed by atoms with van der Waals surface area (Å²) >= 11 is 0. The van der Waals surface area contributed by atoms with Gasteiger partial charge in [-0.3, -0.25) is 4.79 Å². The molecule has 3 heteroatoms. The first-order valence-corrected chi connectivity index (χ1v) is 6.36. The summed E-state index contributed by atoms with van der Waals surface area (Å²) in [5.74, 6) is -0.00639. The molecule has 0 atom stereocenters. The lowest BCUT2D eigenvalue weighted by atomic mass is 10.1. The second-order valence-corrected chi connectivity index (χ2v) is 4.51. The normalized spacial score (nSPS) is 10.2. The highest BCUT2D eigenvalue weighted by molar-refractivity contribution is 6.06. The lowest BCUT2D eigenvalue weighted by molar-refractivity contribution is 0.0988. The van der Waals surface area contributed by atoms with Crippen molar-refractivity contribution < 1.29 is 4.79 Å². The maximum atomic E-state index is 12.5. The van der Waals surface area contributed by atoms with Crippen molar-refractivity contribution in [2.45, 2.75) is 13.8 Å². The summed E-state index contributed by atoms with van der Waals surface area (Å²) in [5.41, 5.74) is 9.09. The quantitative estimate of drug-likeness (QED) is 0.855. The van der Waals surface area contributed by atoms with E-state index in [1.54, 1.807) is 4.90 Å². The number of carbonyl (C=O) groups is 1. The van der Waals surface area contributed by atoms with Gasteiger partial charge < -0.3 is 10.6 Å². The molecule has 0 spiro atoms. The topological polar surface area (TPSA) is 46.3 Å². The number of nitrogens with two attached hydrogens (primary N) is 1. The van der Waals surface area contributed by atoms with Gasteiger partial charge in [-0.25, -0.2) is 0 Å². The van der Waals surface area contributed by atoms with E-state index in [-0.39, 0.29) is 5.91 Å². The SMILES string of the molecule is CCN(C(=O)c1ccc(C)cc1)c1cccc(N)c1. The van der Waals surface area contributed by atoms with Crippen molar-refractivity contribution in [3.05, 3.63) is 59.7 Å². The van der Waals surface area contributed by atoms with E-state index >= 15 is 0 Å². The van der Waals surface area contributed by atoms with Crippen LogP contribution >= 0.6 is 0 Å². The van der Waals surface area contributed by atoms with Crippen LogP contribution in [-0.2, 0) is 0 Å². The minimum absolute atomic E-state index is 0.00639. The molecule has 2 aromatic rings. The highest BCUT2D eigenvalue weighted by Gasteiger charge is 2.15. The van der Waals surface area contributed by atoms with Gasteiger partial charge in [0.15, 0.2) is 0 Å². The van der Waals surface area contributed by atoms with Gasteiger partial charge in [0.1, 0.15) is 0 Å². The van der Waals surface area contributed by atoms with Crippen molar-refractivity contribution in [1.82, 2.24) is 0 Å². The fourth-order valence-electron chi connectivity index (χ4n) is 1.99. The summed E-state index contributed by atoms with van der Waals surface area (Å²) in [5, 5.41) is 0. The summed E-state index contributed by atoms with van der Waals surface area (Å²) < 4.78 is 0. The van der Waals surface area contributed by atoms with Crippen molar-refractivity contribution >= 4 is 17.3 Å². The van der Waals surface area contributed by atoms with Gasteiger partial charge in [0.2, 0.25) is 0 Å². The molecule has 0 aliphatic rings. The Hall–Kier alpha value is -2.29. The highest BCUT2D eigenvalue weighted by atomic mass is 16.2. The van der Waals surface area contributed by atoms with Gasteiger partial charge in [-0.15, -0.1) is 0 Å². The number of benzene rings is 2. The molecular weight excluding hydrogens is 236 g/mol. The molecule has 0 radical (unpaired) electrons. The summed E-state index contributed by atoms with van der Waals surface area (Å²) in [6.07, 6.45) is 0. The molecule has 0 unspecified atom stereocenters. The molecule has 2 aromatic carbocycles. The van der Waals surface area contributed by atoms with E-state index in [1.165, 1.54) is 0 Å². The summed E-state index contributed by atoms with van der Waals surface area (Å²) in [7, 11) is 0. The molecule has 0 saturated carbocycles. The van der Waals surface area contributed by atoms with Crippen LogP contribution in [0.15, 0.2) is 48.5 Å². The predicted molar refractivity (Wildman–Crippen MR) is 79.4 cm³/mol. The van der Waals surface area contributed by atoms with Crippen LogP contribution in [0.1, 0.15) is 22.8 Å². The molecule has 0 aliphatic heterocycles. The van der Waals surface area contributed by atoms with Crippen LogP contribution in [0.25, 0.3) is 0 Å². The average molecular weight is 254 g/mol. The monoisotopic (exact) mass is 254 g/mol. The summed E-state index contributed by atoms with van der Waals surface area (Å²) in [6, 6.07) is 15.0. The van der Waals surface area contributed by atoms with Crippen LogP contribution in [0.3, 0.4) is 0 Å². The predicted octanol–water partition coefficient (Wildman–Crippen LogP) is 3.24. The van der Waals surface area contributed by atoms with Crippen molar-refractivity contribution in [3.8, 4) is 0 Å². The van der Waals surface area contributed by atoms with E-state index in [9.17, 15) is 4.79 Å². The molecule has 0 saturated heterocycles. The molecule has 0 fully saturated rings. The molecule has 98 valence electrons. The number of nitrogen functional groups attached to an aromatic ring is 1. The molecular formula is C16H18N2O. The molecule has 1 amide bonds. The van der Waals surface area contributed by atoms with Gasteiger partial charge in [-0.1, -0.05) is 23.8 Å². The molecule has 0 aliphatic carbocycles. The fourth-order valence-corrected chi connectivity index (χ4v) is 1.99. The highest BCUT2D eigenvalue weighted by Crippen LogP contribution is 2.19. The van der Waals surface area contributed by atoms with Crippen molar-refractivity contribution in [2.24, 2.45) is 0 Å². The number of nitrogens with zero attached hydrogens (tertiary/aromatic N) is 1. The maximum Gasteiger partial charge on any atom is 0.258 e. The summed E-state index contributed by atoms with van der Waals surface area (Å²) in [6.45, 7) is 4.56. The molecule has 0 heterocycles. The van der Waals surface area contributed by atoms with E-state index in [0.29, 0.717) is 17.8 Å². The van der Waals surface area contributed by atoms with Crippen LogP contribution in [0, 0.1) is 6.92 Å². The number of hydrogen-bond acceptors (Lipinski definition) is 2. The first kappa shape index (κ1) is 13.1. The zero-order valence-electron chi connectivity index (χ0n) is 11.3. The van der Waals surface area contributed by atoms with Crippen molar-refractivity contribution in [3.63, 3.8) is 0 Å². The van der Waals surface area contributed by atoms with Crippen molar-refractivity contribution in [2.75, 3.05) is 17.2 Å². The third kappa shape index (κ3) is 2.94. The summed E-state index contributed by atoms with van der Waals surface area (Å²) in [4.78, 5) is 14.2. The number of anilines is 2. The van der Waals surface area contributed by atoms with Gasteiger partial charge in [0.05, 0.1) is 0 Å². The maximum absolute atomic E-state index is 12.5. The van der Waals surface area contributed by atoms with Crippen LogP contribution in [-0.4, -0.2) is 12.5 Å². The second-order valence-electron chi connectivity index (χ2n) is 4.51. The van der Waals surface area contributed by atoms with E-state index in [1.807, 2.05) is 62.4 Å². The Balaban J connectivity index is 2.31. The van der Waals surface area contributed by atoms with Crippen molar-refractivity contribution in [1.29, 1.82) is 0 Å². The molecule has 3 nitrogen and oxygen atoms in total. The molecule has 2 N–H and O–H groups in total. The number of hydrogen-bond donors (Lipinski definition) is 1. The van der Waals surface area contributed by atoms with Gasteiger partial charge >= 0.3 is 0 Å². The van der Waals surface area contributed by atoms with Gasteiger partial charge in [-0.2, -0.15) is 0 Å². The molecule has 2 rings (SSSR count). The largest absolute Gasteiger partial charge is 0.399 e. The van der Waals surface area contributed by atoms with E-state index in [2.05, 4.69) is 0 Å². The van der Waals surface area contributed by atoms with Crippen LogP contribution in [0.5, 0.6) is 0 Å². The zero-order chi connectivity index (χ0) is 13.8. The lowest BCUT2D eigenvalue weighted by Gasteiger charge is -2.21. The Kier molecular flexibility index (Phi) is 3.85. The Morgan fingerprint density at radius 2 is 1.84 bits per heavy atom. The second kappa shape index (κ2) is 5.57. The fraction of sp³-hybridized carbons (Fsp3) is 0.188. The zero-order valence-corrected chi connectivity index (χ0v) is 11.3. The third-order valence-corrected chi connectivity index (χ3v) is 3.04. The number of aryl methyl sites for hydroxylation is 1.